The van der Waals surface area contributed by atoms with Gasteiger partial charge in [0.05, 0.1) is 5.75 Å². The first-order valence-electron chi connectivity index (χ1n) is 6.40. The van der Waals surface area contributed by atoms with E-state index in [1.807, 2.05) is 0 Å². The van der Waals surface area contributed by atoms with Gasteiger partial charge in [0.25, 0.3) is 0 Å². The summed E-state index contributed by atoms with van der Waals surface area (Å²) >= 11 is 0. The Balaban J connectivity index is 2.29. The van der Waals surface area contributed by atoms with E-state index in [9.17, 15) is 13.5 Å². The summed E-state index contributed by atoms with van der Waals surface area (Å²) < 4.78 is 22.7. The zero-order valence-electron chi connectivity index (χ0n) is 10.2. The van der Waals surface area contributed by atoms with E-state index in [4.69, 9.17) is 0 Å². The molecule has 0 aliphatic heterocycles. The van der Waals surface area contributed by atoms with Gasteiger partial charge in [0.15, 0.2) is 0 Å². The summed E-state index contributed by atoms with van der Waals surface area (Å²) in [6.07, 6.45) is 6.54. The van der Waals surface area contributed by atoms with Gasteiger partial charge in [0, 0.05) is 12.4 Å². The number of rotatable bonds is 7. The van der Waals surface area contributed by atoms with Crippen LogP contribution < -0.4 is 0 Å². The molecule has 0 spiro atoms. The SMILES string of the molecule is CCS(=O)(=O)CCCC(CO)C1CCCC1. The van der Waals surface area contributed by atoms with Gasteiger partial charge in [-0.15, -0.1) is 0 Å². The van der Waals surface area contributed by atoms with Crippen LogP contribution in [0.25, 0.3) is 0 Å². The minimum absolute atomic E-state index is 0.219. The molecule has 0 aromatic rings. The second-order valence-electron chi connectivity index (χ2n) is 4.87. The van der Waals surface area contributed by atoms with Gasteiger partial charge in [-0.05, 0) is 24.7 Å². The molecule has 1 fully saturated rings. The monoisotopic (exact) mass is 248 g/mol. The van der Waals surface area contributed by atoms with Crippen molar-refractivity contribution >= 4 is 9.84 Å². The summed E-state index contributed by atoms with van der Waals surface area (Å²) in [5.74, 6) is 1.48. The van der Waals surface area contributed by atoms with Gasteiger partial charge >= 0.3 is 0 Å². The first kappa shape index (κ1) is 14.0. The Hall–Kier alpha value is -0.0900. The van der Waals surface area contributed by atoms with Gasteiger partial charge in [-0.3, -0.25) is 0 Å². The topological polar surface area (TPSA) is 54.4 Å². The van der Waals surface area contributed by atoms with Gasteiger partial charge in [0.2, 0.25) is 0 Å². The molecule has 96 valence electrons. The molecule has 0 aromatic heterocycles. The fourth-order valence-electron chi connectivity index (χ4n) is 2.61. The number of hydrogen-bond acceptors (Lipinski definition) is 3. The summed E-state index contributed by atoms with van der Waals surface area (Å²) in [5, 5.41) is 9.32. The highest BCUT2D eigenvalue weighted by atomic mass is 32.2. The molecule has 0 saturated heterocycles. The van der Waals surface area contributed by atoms with Crippen molar-refractivity contribution in [2.75, 3.05) is 18.1 Å². The molecule has 0 radical (unpaired) electrons. The molecule has 3 nitrogen and oxygen atoms in total. The Labute approximate surface area is 99.2 Å². The largest absolute Gasteiger partial charge is 0.396 e. The molecule has 1 atom stereocenters. The highest BCUT2D eigenvalue weighted by Gasteiger charge is 2.24. The quantitative estimate of drug-likeness (QED) is 0.749. The van der Waals surface area contributed by atoms with Crippen molar-refractivity contribution < 1.29 is 13.5 Å². The van der Waals surface area contributed by atoms with E-state index < -0.39 is 9.84 Å². The molecule has 0 aromatic carbocycles. The van der Waals surface area contributed by atoms with Crippen molar-refractivity contribution in [2.45, 2.75) is 45.4 Å². The predicted molar refractivity (Wildman–Crippen MR) is 66.1 cm³/mol. The molecular formula is C12H24O3S. The summed E-state index contributed by atoms with van der Waals surface area (Å²) in [7, 11) is -2.83. The van der Waals surface area contributed by atoms with Crippen molar-refractivity contribution in [1.82, 2.24) is 0 Å². The van der Waals surface area contributed by atoms with Crippen LogP contribution in [0.5, 0.6) is 0 Å². The molecule has 1 saturated carbocycles. The molecule has 1 N–H and O–H groups in total. The lowest BCUT2D eigenvalue weighted by Gasteiger charge is -2.20. The fraction of sp³-hybridized carbons (Fsp3) is 1.00. The molecular weight excluding hydrogens is 224 g/mol. The molecule has 0 heterocycles. The van der Waals surface area contributed by atoms with Crippen LogP contribution in [0.4, 0.5) is 0 Å². The molecule has 1 aliphatic carbocycles. The average Bonchev–Trinajstić information content (AvgIpc) is 2.78. The van der Waals surface area contributed by atoms with E-state index in [0.29, 0.717) is 18.3 Å². The molecule has 1 rings (SSSR count). The van der Waals surface area contributed by atoms with E-state index in [1.54, 1.807) is 6.92 Å². The van der Waals surface area contributed by atoms with Gasteiger partial charge in [-0.2, -0.15) is 0 Å². The van der Waals surface area contributed by atoms with E-state index >= 15 is 0 Å². The molecule has 0 bridgehead atoms. The second kappa shape index (κ2) is 6.60. The van der Waals surface area contributed by atoms with Gasteiger partial charge in [0.1, 0.15) is 9.84 Å². The van der Waals surface area contributed by atoms with E-state index in [2.05, 4.69) is 0 Å². The van der Waals surface area contributed by atoms with Crippen LogP contribution in [0.3, 0.4) is 0 Å². The third-order valence-corrected chi connectivity index (χ3v) is 5.56. The van der Waals surface area contributed by atoms with Crippen LogP contribution in [-0.4, -0.2) is 31.6 Å². The first-order valence-corrected chi connectivity index (χ1v) is 8.22. The van der Waals surface area contributed by atoms with Gasteiger partial charge < -0.3 is 5.11 Å². The summed E-state index contributed by atoms with van der Waals surface area (Å²) in [5.41, 5.74) is 0. The van der Waals surface area contributed by atoms with Gasteiger partial charge in [-0.25, -0.2) is 8.42 Å². The van der Waals surface area contributed by atoms with Crippen molar-refractivity contribution in [3.63, 3.8) is 0 Å². The Bertz CT molecular complexity index is 279. The fourth-order valence-corrected chi connectivity index (χ4v) is 3.51. The smallest absolute Gasteiger partial charge is 0.150 e. The van der Waals surface area contributed by atoms with Gasteiger partial charge in [-0.1, -0.05) is 32.6 Å². The van der Waals surface area contributed by atoms with Crippen molar-refractivity contribution in [3.8, 4) is 0 Å². The Morgan fingerprint density at radius 3 is 2.44 bits per heavy atom. The lowest BCUT2D eigenvalue weighted by molar-refractivity contribution is 0.167. The molecule has 1 aliphatic rings. The third-order valence-electron chi connectivity index (χ3n) is 3.77. The maximum absolute atomic E-state index is 11.3. The van der Waals surface area contributed by atoms with Crippen molar-refractivity contribution in [2.24, 2.45) is 11.8 Å². The summed E-state index contributed by atoms with van der Waals surface area (Å²) in [6.45, 7) is 1.91. The van der Waals surface area contributed by atoms with E-state index in [1.165, 1.54) is 25.7 Å². The second-order valence-corrected chi connectivity index (χ2v) is 7.34. The highest BCUT2D eigenvalue weighted by Crippen LogP contribution is 2.33. The predicted octanol–water partition coefficient (Wildman–Crippen LogP) is 2.00. The van der Waals surface area contributed by atoms with Crippen LogP contribution in [0, 0.1) is 11.8 Å². The van der Waals surface area contributed by atoms with Crippen molar-refractivity contribution in [3.05, 3.63) is 0 Å². The lowest BCUT2D eigenvalue weighted by atomic mass is 9.88. The summed E-state index contributed by atoms with van der Waals surface area (Å²) in [4.78, 5) is 0. The van der Waals surface area contributed by atoms with E-state index in [0.717, 1.165) is 6.42 Å². The molecule has 0 amide bonds. The Kier molecular flexibility index (Phi) is 5.76. The van der Waals surface area contributed by atoms with Crippen LogP contribution >= 0.6 is 0 Å². The average molecular weight is 248 g/mol. The maximum atomic E-state index is 11.3. The normalized spacial score (nSPS) is 20.1. The molecule has 16 heavy (non-hydrogen) atoms. The molecule has 4 heteroatoms. The summed E-state index contributed by atoms with van der Waals surface area (Å²) in [6, 6.07) is 0. The highest BCUT2D eigenvalue weighted by molar-refractivity contribution is 7.91. The van der Waals surface area contributed by atoms with Crippen LogP contribution in [0.15, 0.2) is 0 Å². The maximum Gasteiger partial charge on any atom is 0.150 e. The minimum atomic E-state index is -2.83. The number of aliphatic hydroxyl groups excluding tert-OH is 1. The van der Waals surface area contributed by atoms with Crippen LogP contribution in [0.1, 0.15) is 45.4 Å². The third kappa shape index (κ3) is 4.42. The van der Waals surface area contributed by atoms with Crippen LogP contribution in [-0.2, 0) is 9.84 Å². The lowest BCUT2D eigenvalue weighted by Crippen LogP contribution is -2.18. The Morgan fingerprint density at radius 2 is 1.94 bits per heavy atom. The number of aliphatic hydroxyl groups is 1. The number of sulfone groups is 1. The van der Waals surface area contributed by atoms with Crippen molar-refractivity contribution in [1.29, 1.82) is 0 Å². The zero-order chi connectivity index (χ0) is 12.0. The standard InChI is InChI=1S/C12H24O3S/c1-2-16(14,15)9-5-8-12(10-13)11-6-3-4-7-11/h11-13H,2-10H2,1H3. The van der Waals surface area contributed by atoms with E-state index in [-0.39, 0.29) is 18.1 Å². The van der Waals surface area contributed by atoms with Crippen LogP contribution in [0.2, 0.25) is 0 Å². The minimum Gasteiger partial charge on any atom is -0.396 e. The Morgan fingerprint density at radius 1 is 1.31 bits per heavy atom. The number of hydrogen-bond donors (Lipinski definition) is 1. The molecule has 1 unspecified atom stereocenters. The zero-order valence-corrected chi connectivity index (χ0v) is 11.0. The first-order chi connectivity index (χ1) is 7.59.